The quantitative estimate of drug-likeness (QED) is 0.496. The van der Waals surface area contributed by atoms with Gasteiger partial charge in [-0.25, -0.2) is 6.57 Å². The van der Waals surface area contributed by atoms with Gasteiger partial charge in [0, 0.05) is 13.2 Å². The van der Waals surface area contributed by atoms with Crippen molar-refractivity contribution < 1.29 is 0 Å². The fourth-order valence-electron chi connectivity index (χ4n) is 0.742. The zero-order chi connectivity index (χ0) is 6.69. The maximum Gasteiger partial charge on any atom is 0.254 e. The SMILES string of the molecule is [C-]#[N+]Cc1cccn1C. The van der Waals surface area contributed by atoms with E-state index >= 15 is 0 Å². The van der Waals surface area contributed by atoms with Crippen molar-refractivity contribution in [3.8, 4) is 0 Å². The number of aryl methyl sites for hydroxylation is 1. The lowest BCUT2D eigenvalue weighted by Crippen LogP contribution is -1.90. The molecule has 1 rings (SSSR count). The summed E-state index contributed by atoms with van der Waals surface area (Å²) in [6.45, 7) is 7.08. The maximum atomic E-state index is 6.59. The van der Waals surface area contributed by atoms with Crippen LogP contribution >= 0.6 is 0 Å². The summed E-state index contributed by atoms with van der Waals surface area (Å²) in [6.07, 6.45) is 1.94. The van der Waals surface area contributed by atoms with Crippen LogP contribution in [0.4, 0.5) is 0 Å². The zero-order valence-electron chi connectivity index (χ0n) is 5.33. The predicted molar refractivity (Wildman–Crippen MR) is 35.7 cm³/mol. The molecule has 1 heterocycles. The number of rotatable bonds is 1. The van der Waals surface area contributed by atoms with Crippen molar-refractivity contribution in [3.05, 3.63) is 35.4 Å². The standard InChI is InChI=1S/C7H8N2/c1-8-6-7-4-3-5-9(7)2/h3-5H,6H2,2H3. The van der Waals surface area contributed by atoms with Gasteiger partial charge in [0.1, 0.15) is 0 Å². The highest BCUT2D eigenvalue weighted by Gasteiger charge is 1.95. The number of hydrogen-bond acceptors (Lipinski definition) is 0. The van der Waals surface area contributed by atoms with Crippen LogP contribution in [0.1, 0.15) is 5.69 Å². The highest BCUT2D eigenvalue weighted by atomic mass is 14.9. The minimum Gasteiger partial charge on any atom is -0.348 e. The molecule has 2 heteroatoms. The number of aromatic nitrogens is 1. The Morgan fingerprint density at radius 2 is 2.56 bits per heavy atom. The Labute approximate surface area is 54.5 Å². The molecule has 0 fully saturated rings. The van der Waals surface area contributed by atoms with E-state index in [0.717, 1.165) is 5.69 Å². The Balaban J connectivity index is 2.84. The van der Waals surface area contributed by atoms with Gasteiger partial charge in [0.15, 0.2) is 0 Å². The molecule has 0 aliphatic heterocycles. The molecule has 46 valence electrons. The van der Waals surface area contributed by atoms with Crippen molar-refractivity contribution in [2.45, 2.75) is 6.54 Å². The van der Waals surface area contributed by atoms with Crippen LogP contribution in [0, 0.1) is 6.57 Å². The molecular formula is C7H8N2. The van der Waals surface area contributed by atoms with Gasteiger partial charge in [0.05, 0.1) is 5.69 Å². The summed E-state index contributed by atoms with van der Waals surface area (Å²) in [5.41, 5.74) is 1.07. The lowest BCUT2D eigenvalue weighted by Gasteiger charge is -1.91. The monoisotopic (exact) mass is 120 g/mol. The number of nitrogens with zero attached hydrogens (tertiary/aromatic N) is 2. The average Bonchev–Trinajstić information content (AvgIpc) is 2.18. The third kappa shape index (κ3) is 1.11. The summed E-state index contributed by atoms with van der Waals surface area (Å²) in [7, 11) is 1.94. The number of hydrogen-bond donors (Lipinski definition) is 0. The molecule has 0 aliphatic carbocycles. The van der Waals surface area contributed by atoms with E-state index < -0.39 is 0 Å². The molecule has 0 bridgehead atoms. The van der Waals surface area contributed by atoms with Crippen molar-refractivity contribution in [3.63, 3.8) is 0 Å². The van der Waals surface area contributed by atoms with E-state index in [1.54, 1.807) is 0 Å². The van der Waals surface area contributed by atoms with E-state index in [1.807, 2.05) is 29.9 Å². The average molecular weight is 120 g/mol. The Kier molecular flexibility index (Phi) is 1.55. The summed E-state index contributed by atoms with van der Waals surface area (Å²) in [6, 6.07) is 3.90. The van der Waals surface area contributed by atoms with Crippen LogP contribution in [0.5, 0.6) is 0 Å². The molecule has 9 heavy (non-hydrogen) atoms. The van der Waals surface area contributed by atoms with E-state index in [0.29, 0.717) is 6.54 Å². The molecule has 0 aromatic carbocycles. The van der Waals surface area contributed by atoms with E-state index in [2.05, 4.69) is 4.85 Å². The molecule has 0 radical (unpaired) electrons. The Bertz CT molecular complexity index is 229. The van der Waals surface area contributed by atoms with Gasteiger partial charge in [-0.1, -0.05) is 0 Å². The van der Waals surface area contributed by atoms with Crippen LogP contribution in [0.3, 0.4) is 0 Å². The molecule has 0 aliphatic rings. The Hall–Kier alpha value is -1.23. The fraction of sp³-hybridized carbons (Fsp3) is 0.286. The minimum absolute atomic E-state index is 0.490. The fourth-order valence-corrected chi connectivity index (χ4v) is 0.742. The van der Waals surface area contributed by atoms with Crippen LogP contribution in [0.15, 0.2) is 18.3 Å². The van der Waals surface area contributed by atoms with Crippen molar-refractivity contribution >= 4 is 0 Å². The second kappa shape index (κ2) is 2.36. The first-order valence-electron chi connectivity index (χ1n) is 2.78. The van der Waals surface area contributed by atoms with Gasteiger partial charge in [-0.3, -0.25) is 0 Å². The lowest BCUT2D eigenvalue weighted by molar-refractivity contribution is 0.857. The summed E-state index contributed by atoms with van der Waals surface area (Å²) in [5, 5.41) is 0. The molecule has 0 atom stereocenters. The maximum absolute atomic E-state index is 6.59. The zero-order valence-corrected chi connectivity index (χ0v) is 5.33. The van der Waals surface area contributed by atoms with E-state index in [1.165, 1.54) is 0 Å². The molecule has 0 spiro atoms. The first kappa shape index (κ1) is 5.90. The molecule has 1 aromatic heterocycles. The smallest absolute Gasteiger partial charge is 0.254 e. The molecule has 0 saturated heterocycles. The van der Waals surface area contributed by atoms with Crippen LogP contribution in [0.2, 0.25) is 0 Å². The Morgan fingerprint density at radius 3 is 3.00 bits per heavy atom. The molecule has 0 unspecified atom stereocenters. The first-order chi connectivity index (χ1) is 4.34. The van der Waals surface area contributed by atoms with Crippen LogP contribution in [-0.4, -0.2) is 4.57 Å². The largest absolute Gasteiger partial charge is 0.348 e. The van der Waals surface area contributed by atoms with Gasteiger partial charge < -0.3 is 9.41 Å². The molecule has 1 aromatic rings. The van der Waals surface area contributed by atoms with Crippen molar-refractivity contribution in [1.82, 2.24) is 4.57 Å². The van der Waals surface area contributed by atoms with Crippen LogP contribution < -0.4 is 0 Å². The summed E-state index contributed by atoms with van der Waals surface area (Å²) in [4.78, 5) is 3.27. The van der Waals surface area contributed by atoms with Crippen LogP contribution in [-0.2, 0) is 13.6 Å². The highest BCUT2D eigenvalue weighted by molar-refractivity contribution is 5.07. The second-order valence-corrected chi connectivity index (χ2v) is 1.93. The van der Waals surface area contributed by atoms with Crippen LogP contribution in [0.25, 0.3) is 4.85 Å². The molecular weight excluding hydrogens is 112 g/mol. The van der Waals surface area contributed by atoms with E-state index in [-0.39, 0.29) is 0 Å². The minimum atomic E-state index is 0.490. The normalized spacial score (nSPS) is 8.89. The third-order valence-electron chi connectivity index (χ3n) is 1.29. The van der Waals surface area contributed by atoms with E-state index in [4.69, 9.17) is 6.57 Å². The topological polar surface area (TPSA) is 9.29 Å². The van der Waals surface area contributed by atoms with Gasteiger partial charge in [-0.2, -0.15) is 0 Å². The molecule has 0 amide bonds. The molecule has 2 nitrogen and oxygen atoms in total. The van der Waals surface area contributed by atoms with E-state index in [9.17, 15) is 0 Å². The molecule has 0 N–H and O–H groups in total. The van der Waals surface area contributed by atoms with Crippen molar-refractivity contribution in [2.24, 2.45) is 7.05 Å². The predicted octanol–water partition coefficient (Wildman–Crippen LogP) is 1.44. The first-order valence-corrected chi connectivity index (χ1v) is 2.78. The second-order valence-electron chi connectivity index (χ2n) is 1.93. The Morgan fingerprint density at radius 1 is 1.78 bits per heavy atom. The van der Waals surface area contributed by atoms with Crippen molar-refractivity contribution in [2.75, 3.05) is 0 Å². The highest BCUT2D eigenvalue weighted by Crippen LogP contribution is 1.99. The van der Waals surface area contributed by atoms with Gasteiger partial charge in [-0.05, 0) is 12.1 Å². The van der Waals surface area contributed by atoms with Gasteiger partial charge >= 0.3 is 0 Å². The summed E-state index contributed by atoms with van der Waals surface area (Å²) in [5.74, 6) is 0. The van der Waals surface area contributed by atoms with Gasteiger partial charge in [-0.15, -0.1) is 0 Å². The van der Waals surface area contributed by atoms with Gasteiger partial charge in [0.25, 0.3) is 6.54 Å². The third-order valence-corrected chi connectivity index (χ3v) is 1.29. The van der Waals surface area contributed by atoms with Gasteiger partial charge in [0.2, 0.25) is 0 Å². The van der Waals surface area contributed by atoms with Crippen molar-refractivity contribution in [1.29, 1.82) is 0 Å². The summed E-state index contributed by atoms with van der Waals surface area (Å²) < 4.78 is 1.96. The lowest BCUT2D eigenvalue weighted by atomic mass is 10.4. The molecule has 0 saturated carbocycles. The summed E-state index contributed by atoms with van der Waals surface area (Å²) >= 11 is 0.